The molecule has 118 valence electrons. The number of nitrogens with one attached hydrogen (secondary N) is 1. The van der Waals surface area contributed by atoms with Gasteiger partial charge in [-0.15, -0.1) is 0 Å². The molecule has 0 aliphatic carbocycles. The average molecular weight is 301 g/mol. The second kappa shape index (κ2) is 7.49. The highest BCUT2D eigenvalue weighted by Crippen LogP contribution is 2.12. The normalized spacial score (nSPS) is 11.4. The van der Waals surface area contributed by atoms with Crippen molar-refractivity contribution in [3.63, 3.8) is 0 Å². The molecule has 2 aromatic rings. The van der Waals surface area contributed by atoms with Crippen LogP contribution in [-0.4, -0.2) is 41.8 Å². The third-order valence-corrected chi connectivity index (χ3v) is 3.36. The van der Waals surface area contributed by atoms with E-state index in [0.717, 1.165) is 23.8 Å². The Kier molecular flexibility index (Phi) is 5.41. The molecule has 0 saturated carbocycles. The van der Waals surface area contributed by atoms with E-state index >= 15 is 0 Å². The molecule has 6 nitrogen and oxygen atoms in total. The second-order valence-corrected chi connectivity index (χ2v) is 5.13. The summed E-state index contributed by atoms with van der Waals surface area (Å²) in [6.45, 7) is 1.48. The molecule has 0 fully saturated rings. The van der Waals surface area contributed by atoms with Crippen molar-refractivity contribution in [3.8, 4) is 5.75 Å². The molecule has 0 saturated heterocycles. The number of hydrogen-bond donors (Lipinski definition) is 1. The molecule has 0 aliphatic rings. The van der Waals surface area contributed by atoms with Gasteiger partial charge in [-0.05, 0) is 17.7 Å². The molecular formula is C16H23N5O. The fourth-order valence-electron chi connectivity index (χ4n) is 2.21. The summed E-state index contributed by atoms with van der Waals surface area (Å²) in [5.41, 5.74) is 2.33. The fourth-order valence-corrected chi connectivity index (χ4v) is 2.21. The van der Waals surface area contributed by atoms with Gasteiger partial charge in [0.05, 0.1) is 13.3 Å². The maximum Gasteiger partial charge on any atom is 0.193 e. The second-order valence-electron chi connectivity index (χ2n) is 5.13. The predicted octanol–water partition coefficient (Wildman–Crippen LogP) is 1.64. The number of hydrogen-bond acceptors (Lipinski definition) is 3. The zero-order chi connectivity index (χ0) is 15.9. The lowest BCUT2D eigenvalue weighted by Crippen LogP contribution is -2.37. The average Bonchev–Trinajstić information content (AvgIpc) is 2.94. The summed E-state index contributed by atoms with van der Waals surface area (Å²) in [4.78, 5) is 6.40. The summed E-state index contributed by atoms with van der Waals surface area (Å²) < 4.78 is 6.97. The Morgan fingerprint density at radius 3 is 2.59 bits per heavy atom. The quantitative estimate of drug-likeness (QED) is 0.674. The number of benzene rings is 1. The number of ether oxygens (including phenoxy) is 1. The van der Waals surface area contributed by atoms with Gasteiger partial charge in [0.2, 0.25) is 0 Å². The van der Waals surface area contributed by atoms with Gasteiger partial charge >= 0.3 is 0 Å². The Morgan fingerprint density at radius 1 is 1.32 bits per heavy atom. The molecule has 1 N–H and O–H groups in total. The monoisotopic (exact) mass is 301 g/mol. The van der Waals surface area contributed by atoms with E-state index in [1.165, 1.54) is 5.56 Å². The molecule has 0 aliphatic heterocycles. The number of nitrogens with zero attached hydrogens (tertiary/aromatic N) is 4. The highest BCUT2D eigenvalue weighted by molar-refractivity contribution is 5.79. The zero-order valence-corrected chi connectivity index (χ0v) is 13.6. The van der Waals surface area contributed by atoms with Crippen molar-refractivity contribution in [2.24, 2.45) is 12.0 Å². The molecule has 0 radical (unpaired) electrons. The standard InChI is InChI=1S/C16H23N5O/c1-17-16(18-9-14-10-19-21(3)12-14)20(2)11-13-5-7-15(22-4)8-6-13/h5-8,10,12H,9,11H2,1-4H3,(H,17,18). The first-order valence-electron chi connectivity index (χ1n) is 7.14. The van der Waals surface area contributed by atoms with Gasteiger partial charge in [0.25, 0.3) is 0 Å². The van der Waals surface area contributed by atoms with Crippen molar-refractivity contribution in [2.75, 3.05) is 21.2 Å². The molecular weight excluding hydrogens is 278 g/mol. The third kappa shape index (κ3) is 4.25. The Bertz CT molecular complexity index is 618. The minimum absolute atomic E-state index is 0.702. The van der Waals surface area contributed by atoms with Crippen LogP contribution in [0.3, 0.4) is 0 Å². The maximum atomic E-state index is 5.17. The van der Waals surface area contributed by atoms with Crippen LogP contribution in [0.4, 0.5) is 0 Å². The molecule has 1 heterocycles. The van der Waals surface area contributed by atoms with E-state index in [0.29, 0.717) is 6.54 Å². The van der Waals surface area contributed by atoms with Gasteiger partial charge in [-0.25, -0.2) is 0 Å². The van der Waals surface area contributed by atoms with E-state index in [4.69, 9.17) is 4.74 Å². The van der Waals surface area contributed by atoms with Crippen LogP contribution >= 0.6 is 0 Å². The van der Waals surface area contributed by atoms with Crippen molar-refractivity contribution in [1.29, 1.82) is 0 Å². The summed E-state index contributed by atoms with van der Waals surface area (Å²) in [7, 11) is 7.39. The van der Waals surface area contributed by atoms with Crippen LogP contribution in [0.1, 0.15) is 11.1 Å². The van der Waals surface area contributed by atoms with Crippen LogP contribution < -0.4 is 10.1 Å². The van der Waals surface area contributed by atoms with Crippen molar-refractivity contribution in [2.45, 2.75) is 13.1 Å². The predicted molar refractivity (Wildman–Crippen MR) is 87.9 cm³/mol. The first-order chi connectivity index (χ1) is 10.6. The molecule has 2 rings (SSSR count). The minimum Gasteiger partial charge on any atom is -0.497 e. The van der Waals surface area contributed by atoms with Gasteiger partial charge in [-0.3, -0.25) is 9.67 Å². The van der Waals surface area contributed by atoms with Crippen LogP contribution in [0, 0.1) is 0 Å². The zero-order valence-electron chi connectivity index (χ0n) is 13.6. The molecule has 22 heavy (non-hydrogen) atoms. The first kappa shape index (κ1) is 15.9. The Morgan fingerprint density at radius 2 is 2.05 bits per heavy atom. The number of aryl methyl sites for hydroxylation is 1. The van der Waals surface area contributed by atoms with Crippen molar-refractivity contribution in [3.05, 3.63) is 47.8 Å². The van der Waals surface area contributed by atoms with E-state index in [9.17, 15) is 0 Å². The largest absolute Gasteiger partial charge is 0.497 e. The van der Waals surface area contributed by atoms with Gasteiger partial charge in [0, 0.05) is 46.0 Å². The number of rotatable bonds is 5. The summed E-state index contributed by atoms with van der Waals surface area (Å²) in [5, 5.41) is 7.50. The van der Waals surface area contributed by atoms with Crippen molar-refractivity contribution < 1.29 is 4.74 Å². The van der Waals surface area contributed by atoms with E-state index < -0.39 is 0 Å². The van der Waals surface area contributed by atoms with E-state index in [-0.39, 0.29) is 0 Å². The van der Waals surface area contributed by atoms with E-state index in [1.807, 2.05) is 38.6 Å². The van der Waals surface area contributed by atoms with Crippen LogP contribution in [0.15, 0.2) is 41.7 Å². The van der Waals surface area contributed by atoms with Gasteiger partial charge < -0.3 is 15.0 Å². The van der Waals surface area contributed by atoms with Crippen LogP contribution in [0.2, 0.25) is 0 Å². The lowest BCUT2D eigenvalue weighted by Gasteiger charge is -2.22. The van der Waals surface area contributed by atoms with Crippen LogP contribution in [-0.2, 0) is 20.1 Å². The van der Waals surface area contributed by atoms with Gasteiger partial charge in [-0.1, -0.05) is 12.1 Å². The molecule has 0 amide bonds. The Hall–Kier alpha value is -2.50. The SMILES string of the molecule is CN=C(NCc1cnn(C)c1)N(C)Cc1ccc(OC)cc1. The van der Waals surface area contributed by atoms with Crippen molar-refractivity contribution >= 4 is 5.96 Å². The number of methoxy groups -OCH3 is 1. The summed E-state index contributed by atoms with van der Waals surface area (Å²) in [6.07, 6.45) is 3.84. The van der Waals surface area contributed by atoms with Gasteiger partial charge in [0.15, 0.2) is 5.96 Å². The molecule has 0 unspecified atom stereocenters. The molecule has 0 bridgehead atoms. The van der Waals surface area contributed by atoms with Crippen LogP contribution in [0.25, 0.3) is 0 Å². The number of aliphatic imine (C=N–C) groups is 1. The molecule has 1 aromatic carbocycles. The van der Waals surface area contributed by atoms with Crippen LogP contribution in [0.5, 0.6) is 5.75 Å². The fraction of sp³-hybridized carbons (Fsp3) is 0.375. The van der Waals surface area contributed by atoms with Gasteiger partial charge in [0.1, 0.15) is 5.75 Å². The third-order valence-electron chi connectivity index (χ3n) is 3.36. The van der Waals surface area contributed by atoms with E-state index in [1.54, 1.807) is 18.8 Å². The highest BCUT2D eigenvalue weighted by atomic mass is 16.5. The highest BCUT2D eigenvalue weighted by Gasteiger charge is 2.07. The molecule has 0 atom stereocenters. The molecule has 1 aromatic heterocycles. The van der Waals surface area contributed by atoms with Crippen molar-refractivity contribution in [1.82, 2.24) is 20.0 Å². The lowest BCUT2D eigenvalue weighted by molar-refractivity contribution is 0.414. The number of aromatic nitrogens is 2. The minimum atomic E-state index is 0.702. The Labute approximate surface area is 131 Å². The van der Waals surface area contributed by atoms with Gasteiger partial charge in [-0.2, -0.15) is 5.10 Å². The molecule has 0 spiro atoms. The summed E-state index contributed by atoms with van der Waals surface area (Å²) in [5.74, 6) is 1.71. The molecule has 6 heteroatoms. The number of guanidine groups is 1. The topological polar surface area (TPSA) is 54.7 Å². The van der Waals surface area contributed by atoms with E-state index in [2.05, 4.69) is 32.4 Å². The summed E-state index contributed by atoms with van der Waals surface area (Å²) >= 11 is 0. The maximum absolute atomic E-state index is 5.17. The smallest absolute Gasteiger partial charge is 0.193 e. The summed E-state index contributed by atoms with van der Waals surface area (Å²) in [6, 6.07) is 8.05. The Balaban J connectivity index is 1.91. The first-order valence-corrected chi connectivity index (χ1v) is 7.14. The lowest BCUT2D eigenvalue weighted by atomic mass is 10.2.